The van der Waals surface area contributed by atoms with Crippen molar-refractivity contribution in [3.63, 3.8) is 0 Å². The van der Waals surface area contributed by atoms with Crippen LogP contribution in [0.5, 0.6) is 5.75 Å². The third-order valence-corrected chi connectivity index (χ3v) is 7.92. The Balaban J connectivity index is 1.56. The zero-order valence-corrected chi connectivity index (χ0v) is 24.8. The van der Waals surface area contributed by atoms with Crippen LogP contribution in [0.25, 0.3) is 22.0 Å². The van der Waals surface area contributed by atoms with Gasteiger partial charge in [-0.05, 0) is 78.4 Å². The summed E-state index contributed by atoms with van der Waals surface area (Å²) in [5, 5.41) is 30.2. The number of aliphatic hydroxyl groups excluding tert-OH is 1. The summed E-state index contributed by atoms with van der Waals surface area (Å²) >= 11 is 6.58. The van der Waals surface area contributed by atoms with Gasteiger partial charge in [-0.1, -0.05) is 71.9 Å². The summed E-state index contributed by atoms with van der Waals surface area (Å²) in [7, 11) is 0. The molecule has 0 spiro atoms. The number of aryl methyl sites for hydroxylation is 1. The fourth-order valence-electron chi connectivity index (χ4n) is 4.77. The minimum Gasteiger partial charge on any atom is -0.506 e. The van der Waals surface area contributed by atoms with E-state index in [1.165, 1.54) is 0 Å². The summed E-state index contributed by atoms with van der Waals surface area (Å²) in [6.45, 7) is 1.88. The van der Waals surface area contributed by atoms with Gasteiger partial charge in [0.05, 0.1) is 8.95 Å². The number of carbonyl (C=O) groups is 2. The normalized spacial score (nSPS) is 12.6. The lowest BCUT2D eigenvalue weighted by molar-refractivity contribution is -0.134. The summed E-state index contributed by atoms with van der Waals surface area (Å²) in [6.07, 6.45) is -1.91. The van der Waals surface area contributed by atoms with Crippen molar-refractivity contribution in [2.24, 2.45) is 0 Å². The van der Waals surface area contributed by atoms with E-state index in [1.807, 2.05) is 66.7 Å². The highest BCUT2D eigenvalue weighted by atomic mass is 79.9. The molecular formula is C31H24Br2N2O6. The molecule has 10 heteroatoms. The van der Waals surface area contributed by atoms with Gasteiger partial charge in [-0.2, -0.15) is 0 Å². The lowest BCUT2D eigenvalue weighted by Gasteiger charge is -2.19. The third kappa shape index (κ3) is 5.90. The molecular weight excluding hydrogens is 656 g/mol. The Morgan fingerprint density at radius 2 is 1.73 bits per heavy atom. The Labute approximate surface area is 252 Å². The fraction of sp³-hybridized carbons (Fsp3) is 0.129. The number of nitrogens with zero attached hydrogens (tertiary/aromatic N) is 1. The first-order chi connectivity index (χ1) is 19.8. The van der Waals surface area contributed by atoms with Gasteiger partial charge in [-0.3, -0.25) is 9.59 Å². The van der Waals surface area contributed by atoms with E-state index in [-0.39, 0.29) is 35.7 Å². The van der Waals surface area contributed by atoms with Crippen molar-refractivity contribution in [3.8, 4) is 17.0 Å². The molecule has 0 saturated carbocycles. The lowest BCUT2D eigenvalue weighted by Crippen LogP contribution is -2.38. The van der Waals surface area contributed by atoms with Crippen LogP contribution in [0.3, 0.4) is 0 Å². The molecule has 0 aliphatic rings. The van der Waals surface area contributed by atoms with Gasteiger partial charge in [0.25, 0.3) is 12.4 Å². The Kier molecular flexibility index (Phi) is 8.53. The molecule has 0 aliphatic heterocycles. The van der Waals surface area contributed by atoms with E-state index in [9.17, 15) is 19.8 Å². The minimum absolute atomic E-state index is 0.0268. The lowest BCUT2D eigenvalue weighted by atomic mass is 9.89. The van der Waals surface area contributed by atoms with Crippen molar-refractivity contribution in [2.45, 2.75) is 25.7 Å². The first-order valence-corrected chi connectivity index (χ1v) is 14.1. The monoisotopic (exact) mass is 678 g/mol. The summed E-state index contributed by atoms with van der Waals surface area (Å²) in [5.41, 5.74) is 2.87. The second-order valence-electron chi connectivity index (χ2n) is 9.33. The highest BCUT2D eigenvalue weighted by molar-refractivity contribution is 9.11. The SMILES string of the molecule is Cc1onc(-c2c(C(O)c3ccccc3)ccc3ccccc23)c1C(=O)NC(Cc1cc(Br)c(O)c(Br)c1)OC=O. The number of rotatable bonds is 9. The number of carbonyl (C=O) groups excluding carboxylic acids is 2. The zero-order chi connectivity index (χ0) is 29.1. The van der Waals surface area contributed by atoms with Gasteiger partial charge >= 0.3 is 0 Å². The van der Waals surface area contributed by atoms with Gasteiger partial charge in [-0.15, -0.1) is 0 Å². The van der Waals surface area contributed by atoms with Crippen molar-refractivity contribution in [1.29, 1.82) is 0 Å². The summed E-state index contributed by atoms with van der Waals surface area (Å²) in [4.78, 5) is 25.1. The number of nitrogens with one attached hydrogen (secondary N) is 1. The quantitative estimate of drug-likeness (QED) is 0.119. The van der Waals surface area contributed by atoms with E-state index in [2.05, 4.69) is 42.3 Å². The topological polar surface area (TPSA) is 122 Å². The van der Waals surface area contributed by atoms with Gasteiger partial charge in [0.1, 0.15) is 28.9 Å². The zero-order valence-electron chi connectivity index (χ0n) is 21.7. The maximum atomic E-state index is 13.7. The maximum absolute atomic E-state index is 13.7. The van der Waals surface area contributed by atoms with Crippen LogP contribution in [0, 0.1) is 6.92 Å². The van der Waals surface area contributed by atoms with E-state index < -0.39 is 18.2 Å². The number of aromatic hydroxyl groups is 1. The van der Waals surface area contributed by atoms with Crippen LogP contribution < -0.4 is 5.32 Å². The molecule has 0 aliphatic carbocycles. The number of aromatic nitrogens is 1. The van der Waals surface area contributed by atoms with Crippen molar-refractivity contribution in [2.75, 3.05) is 0 Å². The molecule has 0 radical (unpaired) electrons. The molecule has 208 valence electrons. The molecule has 2 atom stereocenters. The molecule has 1 aromatic heterocycles. The fourth-order valence-corrected chi connectivity index (χ4v) is 6.06. The van der Waals surface area contributed by atoms with E-state index in [1.54, 1.807) is 19.1 Å². The number of fused-ring (bicyclic) bond motifs is 1. The molecule has 5 aromatic rings. The molecule has 0 bridgehead atoms. The molecule has 41 heavy (non-hydrogen) atoms. The summed E-state index contributed by atoms with van der Waals surface area (Å²) < 4.78 is 11.6. The molecule has 0 saturated heterocycles. The third-order valence-electron chi connectivity index (χ3n) is 6.71. The van der Waals surface area contributed by atoms with Gasteiger partial charge in [-0.25, -0.2) is 0 Å². The summed E-state index contributed by atoms with van der Waals surface area (Å²) in [6, 6.07) is 23.9. The predicted octanol–water partition coefficient (Wildman–Crippen LogP) is 6.59. The Bertz CT molecular complexity index is 1710. The Morgan fingerprint density at radius 1 is 1.05 bits per heavy atom. The number of benzene rings is 4. The molecule has 1 heterocycles. The van der Waals surface area contributed by atoms with Gasteiger partial charge in [0.15, 0.2) is 6.23 Å². The number of hydrogen-bond donors (Lipinski definition) is 3. The van der Waals surface area contributed by atoms with E-state index in [4.69, 9.17) is 9.26 Å². The standard InChI is InChI=1S/C31H24Br2N2O6/c1-17-26(31(39)34-25(40-16-36)15-18-13-23(32)30(38)24(33)14-18)28(35-41-17)27-21-10-6-5-7-19(21)11-12-22(27)29(37)20-8-3-2-4-9-20/h2-14,16,25,29,37-38H,15H2,1H3,(H,34,39). The van der Waals surface area contributed by atoms with Crippen LogP contribution in [0.15, 0.2) is 92.3 Å². The Hall–Kier alpha value is -3.99. The predicted molar refractivity (Wildman–Crippen MR) is 160 cm³/mol. The molecule has 3 N–H and O–H groups in total. The number of phenolic OH excluding ortho intramolecular Hbond substituents is 1. The number of amides is 1. The first kappa shape index (κ1) is 28.5. The molecule has 0 fully saturated rings. The number of phenols is 1. The maximum Gasteiger partial charge on any atom is 0.295 e. The van der Waals surface area contributed by atoms with Gasteiger partial charge in [0, 0.05) is 12.0 Å². The molecule has 5 rings (SSSR count). The average molecular weight is 680 g/mol. The molecule has 4 aromatic carbocycles. The first-order valence-electron chi connectivity index (χ1n) is 12.6. The average Bonchev–Trinajstić information content (AvgIpc) is 3.36. The number of hydrogen-bond acceptors (Lipinski definition) is 7. The highest BCUT2D eigenvalue weighted by Gasteiger charge is 2.29. The van der Waals surface area contributed by atoms with Crippen LogP contribution in [0.1, 0.15) is 38.9 Å². The second kappa shape index (κ2) is 12.3. The highest BCUT2D eigenvalue weighted by Crippen LogP contribution is 2.39. The number of aliphatic hydroxyl groups is 1. The van der Waals surface area contributed by atoms with E-state index >= 15 is 0 Å². The smallest absolute Gasteiger partial charge is 0.295 e. The van der Waals surface area contributed by atoms with Crippen LogP contribution in [-0.4, -0.2) is 34.0 Å². The molecule has 1 amide bonds. The number of ether oxygens (including phenoxy) is 1. The number of halogens is 2. The van der Waals surface area contributed by atoms with Gasteiger partial charge in [0.2, 0.25) is 0 Å². The largest absolute Gasteiger partial charge is 0.506 e. The van der Waals surface area contributed by atoms with E-state index in [0.29, 0.717) is 31.2 Å². The van der Waals surface area contributed by atoms with Crippen LogP contribution in [0.4, 0.5) is 0 Å². The van der Waals surface area contributed by atoms with Crippen molar-refractivity contribution < 1.29 is 29.1 Å². The van der Waals surface area contributed by atoms with Crippen LogP contribution in [0.2, 0.25) is 0 Å². The van der Waals surface area contributed by atoms with Gasteiger partial charge < -0.3 is 24.8 Å². The van der Waals surface area contributed by atoms with Crippen LogP contribution >= 0.6 is 31.9 Å². The van der Waals surface area contributed by atoms with Crippen LogP contribution in [-0.2, 0) is 16.0 Å². The van der Waals surface area contributed by atoms with Crippen molar-refractivity contribution in [3.05, 3.63) is 116 Å². The molecule has 8 nitrogen and oxygen atoms in total. The Morgan fingerprint density at radius 3 is 2.44 bits per heavy atom. The summed E-state index contributed by atoms with van der Waals surface area (Å²) in [5.74, 6) is -0.292. The second-order valence-corrected chi connectivity index (χ2v) is 11.0. The minimum atomic E-state index is -1.03. The van der Waals surface area contributed by atoms with Crippen molar-refractivity contribution >= 4 is 55.0 Å². The van der Waals surface area contributed by atoms with E-state index in [0.717, 1.165) is 10.8 Å². The molecule has 2 unspecified atom stereocenters. The van der Waals surface area contributed by atoms with Crippen molar-refractivity contribution in [1.82, 2.24) is 10.5 Å².